The molecule has 1 aromatic carbocycles. The molecule has 2 aliphatic heterocycles. The van der Waals surface area contributed by atoms with Crippen molar-refractivity contribution >= 4 is 23.3 Å². The number of hydrogen-bond acceptors (Lipinski definition) is 4. The van der Waals surface area contributed by atoms with Crippen LogP contribution in [-0.4, -0.2) is 54.9 Å². The number of halogens is 1. The van der Waals surface area contributed by atoms with Crippen LogP contribution in [0.5, 0.6) is 0 Å². The lowest BCUT2D eigenvalue weighted by Gasteiger charge is -2.26. The molecule has 0 aliphatic carbocycles. The number of carbonyl (C=O) groups excluding carboxylic acids is 2. The first kappa shape index (κ1) is 15.5. The summed E-state index contributed by atoms with van der Waals surface area (Å²) in [7, 11) is 0. The fraction of sp³-hybridized carbons (Fsp3) is 0.375. The van der Waals surface area contributed by atoms with E-state index in [1.807, 2.05) is 0 Å². The second kappa shape index (κ2) is 6.37. The van der Waals surface area contributed by atoms with Gasteiger partial charge in [-0.25, -0.2) is 9.18 Å². The van der Waals surface area contributed by atoms with Gasteiger partial charge in [-0.05, 0) is 30.2 Å². The molecule has 1 aromatic rings. The smallest absolute Gasteiger partial charge is 0.414 e. The third-order valence-electron chi connectivity index (χ3n) is 4.07. The van der Waals surface area contributed by atoms with Crippen LogP contribution in [0.15, 0.2) is 24.3 Å². The molecular formula is C16H17FN2O4. The molecule has 0 atom stereocenters. The number of cyclic esters (lactones) is 1. The summed E-state index contributed by atoms with van der Waals surface area (Å²) in [6.45, 7) is 1.01. The van der Waals surface area contributed by atoms with Crippen molar-refractivity contribution < 1.29 is 23.8 Å². The first-order chi connectivity index (χ1) is 11.1. The molecule has 3 rings (SSSR count). The molecule has 0 spiro atoms. The van der Waals surface area contributed by atoms with Crippen molar-refractivity contribution in [3.63, 3.8) is 0 Å². The van der Waals surface area contributed by atoms with E-state index in [-0.39, 0.29) is 5.91 Å². The monoisotopic (exact) mass is 320 g/mol. The second-order valence-corrected chi connectivity index (χ2v) is 5.41. The number of ether oxygens (including phenoxy) is 1. The van der Waals surface area contributed by atoms with E-state index >= 15 is 0 Å². The van der Waals surface area contributed by atoms with Gasteiger partial charge in [0.1, 0.15) is 19.0 Å². The number of hydrogen-bond donors (Lipinski definition) is 1. The van der Waals surface area contributed by atoms with Crippen LogP contribution in [0.1, 0.15) is 12.0 Å². The number of aliphatic hydroxyl groups excluding tert-OH is 1. The van der Waals surface area contributed by atoms with E-state index in [1.165, 1.54) is 15.9 Å². The molecule has 2 heterocycles. The van der Waals surface area contributed by atoms with Gasteiger partial charge in [-0.1, -0.05) is 6.08 Å². The maximum atomic E-state index is 14.4. The molecule has 0 bridgehead atoms. The molecule has 0 radical (unpaired) electrons. The van der Waals surface area contributed by atoms with Crippen LogP contribution in [0.3, 0.4) is 0 Å². The summed E-state index contributed by atoms with van der Waals surface area (Å²) in [5, 5.41) is 8.86. The number of benzene rings is 1. The summed E-state index contributed by atoms with van der Waals surface area (Å²) in [4.78, 5) is 25.9. The van der Waals surface area contributed by atoms with E-state index in [0.717, 1.165) is 5.57 Å². The van der Waals surface area contributed by atoms with E-state index in [0.29, 0.717) is 43.9 Å². The van der Waals surface area contributed by atoms with E-state index in [1.54, 1.807) is 18.2 Å². The van der Waals surface area contributed by atoms with Crippen LogP contribution in [0, 0.1) is 5.82 Å². The van der Waals surface area contributed by atoms with E-state index in [9.17, 15) is 14.0 Å². The van der Waals surface area contributed by atoms with Gasteiger partial charge in [0.25, 0.3) is 0 Å². The Kier molecular flexibility index (Phi) is 4.29. The normalized spacial score (nSPS) is 18.0. The summed E-state index contributed by atoms with van der Waals surface area (Å²) in [5.41, 5.74) is 1.76. The summed E-state index contributed by atoms with van der Waals surface area (Å²) in [6, 6.07) is 4.66. The lowest BCUT2D eigenvalue weighted by molar-refractivity contribution is -0.133. The van der Waals surface area contributed by atoms with Gasteiger partial charge in [0.2, 0.25) is 5.91 Å². The number of carbonyl (C=O) groups is 2. The van der Waals surface area contributed by atoms with Crippen LogP contribution >= 0.6 is 0 Å². The predicted octanol–water partition coefficient (Wildman–Crippen LogP) is 1.39. The standard InChI is InChI=1S/C16H17FN2O4/c17-14-9-12(19-7-8-23-16(19)22)1-2-13(14)11-3-5-18(6-4-11)15(21)10-20/h1-3,9,20H,4-8,10H2. The highest BCUT2D eigenvalue weighted by Gasteiger charge is 2.25. The van der Waals surface area contributed by atoms with Gasteiger partial charge in [-0.3, -0.25) is 9.69 Å². The van der Waals surface area contributed by atoms with Crippen LogP contribution in [0.4, 0.5) is 14.9 Å². The predicted molar refractivity (Wildman–Crippen MR) is 81.4 cm³/mol. The molecule has 7 heteroatoms. The SMILES string of the molecule is O=C(CO)N1CC=C(c2ccc(N3CCOC3=O)cc2F)CC1. The van der Waals surface area contributed by atoms with E-state index in [2.05, 4.69) is 0 Å². The van der Waals surface area contributed by atoms with Crippen molar-refractivity contribution in [3.8, 4) is 0 Å². The Bertz CT molecular complexity index is 674. The van der Waals surface area contributed by atoms with E-state index in [4.69, 9.17) is 9.84 Å². The van der Waals surface area contributed by atoms with Gasteiger partial charge >= 0.3 is 6.09 Å². The molecule has 23 heavy (non-hydrogen) atoms. The van der Waals surface area contributed by atoms with Gasteiger partial charge in [-0.15, -0.1) is 0 Å². The minimum Gasteiger partial charge on any atom is -0.447 e. The van der Waals surface area contributed by atoms with Gasteiger partial charge in [0.15, 0.2) is 0 Å². The van der Waals surface area contributed by atoms with Gasteiger partial charge in [-0.2, -0.15) is 0 Å². The van der Waals surface area contributed by atoms with Crippen molar-refractivity contribution in [1.29, 1.82) is 0 Å². The number of nitrogens with zero attached hydrogens (tertiary/aromatic N) is 2. The molecule has 122 valence electrons. The largest absolute Gasteiger partial charge is 0.447 e. The molecule has 1 fully saturated rings. The number of amides is 2. The van der Waals surface area contributed by atoms with Crippen LogP contribution in [0.25, 0.3) is 5.57 Å². The fourth-order valence-electron chi connectivity index (χ4n) is 2.80. The van der Waals surface area contributed by atoms with Crippen molar-refractivity contribution in [2.75, 3.05) is 37.7 Å². The maximum Gasteiger partial charge on any atom is 0.414 e. The molecular weight excluding hydrogens is 303 g/mol. The van der Waals surface area contributed by atoms with Crippen molar-refractivity contribution in [2.24, 2.45) is 0 Å². The summed E-state index contributed by atoms with van der Waals surface area (Å²) >= 11 is 0. The fourth-order valence-corrected chi connectivity index (χ4v) is 2.80. The average molecular weight is 320 g/mol. The summed E-state index contributed by atoms with van der Waals surface area (Å²) in [5.74, 6) is -0.737. The maximum absolute atomic E-state index is 14.4. The molecule has 0 aromatic heterocycles. The van der Waals surface area contributed by atoms with Gasteiger partial charge in [0, 0.05) is 18.7 Å². The number of aliphatic hydroxyl groups is 1. The van der Waals surface area contributed by atoms with E-state index < -0.39 is 18.5 Å². The quantitative estimate of drug-likeness (QED) is 0.914. The summed E-state index contributed by atoms with van der Waals surface area (Å²) < 4.78 is 19.2. The Morgan fingerprint density at radius 2 is 2.17 bits per heavy atom. The van der Waals surface area contributed by atoms with Crippen molar-refractivity contribution in [3.05, 3.63) is 35.7 Å². The van der Waals surface area contributed by atoms with Crippen molar-refractivity contribution in [1.82, 2.24) is 4.90 Å². The second-order valence-electron chi connectivity index (χ2n) is 5.41. The third kappa shape index (κ3) is 3.05. The van der Waals surface area contributed by atoms with Gasteiger partial charge < -0.3 is 14.7 Å². The molecule has 1 N–H and O–H groups in total. The number of anilines is 1. The molecule has 2 amide bonds. The molecule has 6 nitrogen and oxygen atoms in total. The third-order valence-corrected chi connectivity index (χ3v) is 4.07. The Morgan fingerprint density at radius 1 is 1.35 bits per heavy atom. The minimum absolute atomic E-state index is 0.308. The van der Waals surface area contributed by atoms with Crippen LogP contribution in [-0.2, 0) is 9.53 Å². The molecule has 0 unspecified atom stereocenters. The zero-order valence-electron chi connectivity index (χ0n) is 12.5. The molecule has 0 saturated carbocycles. The summed E-state index contributed by atoms with van der Waals surface area (Å²) in [6.07, 6.45) is 1.85. The highest BCUT2D eigenvalue weighted by atomic mass is 19.1. The van der Waals surface area contributed by atoms with Gasteiger partial charge in [0.05, 0.1) is 12.2 Å². The topological polar surface area (TPSA) is 70.1 Å². The highest BCUT2D eigenvalue weighted by Crippen LogP contribution is 2.28. The Balaban J connectivity index is 1.78. The number of rotatable bonds is 3. The Morgan fingerprint density at radius 3 is 2.74 bits per heavy atom. The Hall–Kier alpha value is -2.41. The van der Waals surface area contributed by atoms with Crippen molar-refractivity contribution in [2.45, 2.75) is 6.42 Å². The first-order valence-electron chi connectivity index (χ1n) is 7.42. The molecule has 2 aliphatic rings. The van der Waals surface area contributed by atoms with Crippen LogP contribution in [0.2, 0.25) is 0 Å². The Labute approximate surface area is 132 Å². The van der Waals surface area contributed by atoms with Crippen LogP contribution < -0.4 is 4.90 Å². The first-order valence-corrected chi connectivity index (χ1v) is 7.42. The lowest BCUT2D eigenvalue weighted by Crippen LogP contribution is -2.36. The minimum atomic E-state index is -0.516. The molecule has 1 saturated heterocycles. The average Bonchev–Trinajstić information content (AvgIpc) is 3.00. The zero-order chi connectivity index (χ0) is 16.4. The lowest BCUT2D eigenvalue weighted by atomic mass is 9.98. The zero-order valence-corrected chi connectivity index (χ0v) is 12.5. The highest BCUT2D eigenvalue weighted by molar-refractivity contribution is 5.89.